The van der Waals surface area contributed by atoms with E-state index in [0.29, 0.717) is 19.6 Å². The fourth-order valence-electron chi connectivity index (χ4n) is 2.68. The molecule has 0 radical (unpaired) electrons. The highest BCUT2D eigenvalue weighted by molar-refractivity contribution is 7.88. The molecule has 8 heteroatoms. The quantitative estimate of drug-likeness (QED) is 0.847. The van der Waals surface area contributed by atoms with Crippen LogP contribution in [0.4, 0.5) is 4.79 Å². The Balaban J connectivity index is 1.88. The molecule has 1 aromatic heterocycles. The van der Waals surface area contributed by atoms with Gasteiger partial charge in [-0.1, -0.05) is 0 Å². The van der Waals surface area contributed by atoms with Crippen LogP contribution in [-0.2, 0) is 23.6 Å². The molecule has 2 amide bonds. The number of urea groups is 1. The summed E-state index contributed by atoms with van der Waals surface area (Å²) in [6, 6.07) is 3.64. The number of hydrogen-bond acceptors (Lipinski definition) is 3. The van der Waals surface area contributed by atoms with Crippen molar-refractivity contribution < 1.29 is 13.2 Å². The van der Waals surface area contributed by atoms with Crippen LogP contribution in [0, 0.1) is 6.92 Å². The number of sulfonamides is 1. The summed E-state index contributed by atoms with van der Waals surface area (Å²) in [6.45, 7) is 3.53. The molecule has 1 aromatic rings. The molecule has 2 rings (SSSR count). The first kappa shape index (κ1) is 16.8. The van der Waals surface area contributed by atoms with Gasteiger partial charge in [-0.25, -0.2) is 17.9 Å². The Kier molecular flexibility index (Phi) is 5.12. The van der Waals surface area contributed by atoms with Crippen molar-refractivity contribution in [1.82, 2.24) is 19.5 Å². The van der Waals surface area contributed by atoms with Crippen molar-refractivity contribution in [2.75, 3.05) is 19.3 Å². The van der Waals surface area contributed by atoms with Crippen LogP contribution in [0.3, 0.4) is 0 Å². The van der Waals surface area contributed by atoms with E-state index in [2.05, 4.69) is 10.0 Å². The van der Waals surface area contributed by atoms with Gasteiger partial charge in [0.25, 0.3) is 0 Å². The summed E-state index contributed by atoms with van der Waals surface area (Å²) >= 11 is 0. The zero-order valence-corrected chi connectivity index (χ0v) is 14.1. The van der Waals surface area contributed by atoms with Gasteiger partial charge in [-0.3, -0.25) is 0 Å². The van der Waals surface area contributed by atoms with Gasteiger partial charge in [0.15, 0.2) is 0 Å². The van der Waals surface area contributed by atoms with Crippen molar-refractivity contribution >= 4 is 16.1 Å². The van der Waals surface area contributed by atoms with Crippen molar-refractivity contribution in [3.8, 4) is 0 Å². The van der Waals surface area contributed by atoms with E-state index < -0.39 is 10.0 Å². The number of amides is 2. The fraction of sp³-hybridized carbons (Fsp3) is 0.643. The van der Waals surface area contributed by atoms with Gasteiger partial charge in [0.1, 0.15) is 0 Å². The number of carbonyl (C=O) groups excluding carboxylic acids is 1. The molecule has 0 aromatic carbocycles. The normalized spacial score (nSPS) is 19.2. The highest BCUT2D eigenvalue weighted by atomic mass is 32.2. The summed E-state index contributed by atoms with van der Waals surface area (Å²) in [6.07, 6.45) is 2.70. The van der Waals surface area contributed by atoms with Crippen molar-refractivity contribution in [2.45, 2.75) is 32.4 Å². The van der Waals surface area contributed by atoms with Crippen LogP contribution >= 0.6 is 0 Å². The maximum atomic E-state index is 12.2. The first-order valence-electron chi connectivity index (χ1n) is 7.37. The van der Waals surface area contributed by atoms with Crippen LogP contribution in [-0.4, -0.2) is 49.3 Å². The summed E-state index contributed by atoms with van der Waals surface area (Å²) in [5.74, 6) is 0. The first-order chi connectivity index (χ1) is 10.3. The largest absolute Gasteiger partial charge is 0.350 e. The molecule has 0 spiro atoms. The van der Waals surface area contributed by atoms with Crippen LogP contribution in [0.15, 0.2) is 12.1 Å². The average Bonchev–Trinajstić information content (AvgIpc) is 2.74. The van der Waals surface area contributed by atoms with Crippen molar-refractivity contribution in [2.24, 2.45) is 7.05 Å². The Hall–Kier alpha value is -1.54. The number of likely N-dealkylation sites (tertiary alicyclic amines) is 1. The lowest BCUT2D eigenvalue weighted by Crippen LogP contribution is -2.51. The van der Waals surface area contributed by atoms with Gasteiger partial charge in [-0.2, -0.15) is 0 Å². The van der Waals surface area contributed by atoms with Gasteiger partial charge < -0.3 is 14.8 Å². The molecule has 1 fully saturated rings. The molecule has 7 nitrogen and oxygen atoms in total. The fourth-order valence-corrected chi connectivity index (χ4v) is 3.48. The number of aromatic nitrogens is 1. The van der Waals surface area contributed by atoms with Gasteiger partial charge in [0.2, 0.25) is 10.0 Å². The second-order valence-electron chi connectivity index (χ2n) is 5.86. The first-order valence-corrected chi connectivity index (χ1v) is 9.26. The highest BCUT2D eigenvalue weighted by Crippen LogP contribution is 2.11. The topological polar surface area (TPSA) is 83.4 Å². The third-order valence-electron chi connectivity index (χ3n) is 3.99. The predicted octanol–water partition coefficient (Wildman–Crippen LogP) is 0.557. The maximum absolute atomic E-state index is 12.2. The second-order valence-corrected chi connectivity index (χ2v) is 7.64. The molecule has 22 heavy (non-hydrogen) atoms. The summed E-state index contributed by atoms with van der Waals surface area (Å²) in [5, 5.41) is 2.90. The van der Waals surface area contributed by atoms with Gasteiger partial charge in [-0.15, -0.1) is 0 Å². The van der Waals surface area contributed by atoms with Gasteiger partial charge in [0, 0.05) is 37.6 Å². The number of hydrogen-bond donors (Lipinski definition) is 2. The van der Waals surface area contributed by atoms with Crippen LogP contribution < -0.4 is 10.0 Å². The third-order valence-corrected chi connectivity index (χ3v) is 4.75. The number of nitrogens with zero attached hydrogens (tertiary/aromatic N) is 2. The van der Waals surface area contributed by atoms with Crippen molar-refractivity contribution in [3.05, 3.63) is 23.5 Å². The third kappa shape index (κ3) is 4.48. The zero-order chi connectivity index (χ0) is 16.3. The molecule has 0 unspecified atom stereocenters. The van der Waals surface area contributed by atoms with E-state index in [4.69, 9.17) is 0 Å². The summed E-state index contributed by atoms with van der Waals surface area (Å²) in [5.41, 5.74) is 2.17. The number of piperidine rings is 1. The van der Waals surface area contributed by atoms with Crippen LogP contribution in [0.5, 0.6) is 0 Å². The molecule has 0 bridgehead atoms. The van der Waals surface area contributed by atoms with Crippen molar-refractivity contribution in [3.63, 3.8) is 0 Å². The number of nitrogens with one attached hydrogen (secondary N) is 2. The summed E-state index contributed by atoms with van der Waals surface area (Å²) in [4.78, 5) is 13.9. The highest BCUT2D eigenvalue weighted by Gasteiger charge is 2.25. The number of carbonyl (C=O) groups is 1. The molecule has 1 atom stereocenters. The van der Waals surface area contributed by atoms with E-state index >= 15 is 0 Å². The molecule has 1 saturated heterocycles. The van der Waals surface area contributed by atoms with E-state index in [-0.39, 0.29) is 12.1 Å². The van der Waals surface area contributed by atoms with Gasteiger partial charge in [0.05, 0.1) is 12.8 Å². The number of aryl methyl sites for hydroxylation is 1. The zero-order valence-electron chi connectivity index (χ0n) is 13.3. The standard InChI is InChI=1S/C14H24N4O3S/c1-11-6-7-13(17(11)2)9-15-14(19)18-8-4-5-12(10-18)16-22(3,20)21/h6-7,12,16H,4-5,8-10H2,1-3H3,(H,15,19)/t12-/m1/s1. The number of rotatable bonds is 4. The minimum atomic E-state index is -3.24. The Morgan fingerprint density at radius 1 is 1.41 bits per heavy atom. The van der Waals surface area contributed by atoms with E-state index in [1.54, 1.807) is 4.90 Å². The lowest BCUT2D eigenvalue weighted by atomic mass is 10.1. The molecular formula is C14H24N4O3S. The molecule has 1 aliphatic heterocycles. The Labute approximate surface area is 131 Å². The van der Waals surface area contributed by atoms with Crippen LogP contribution in [0.2, 0.25) is 0 Å². The Morgan fingerprint density at radius 2 is 2.14 bits per heavy atom. The molecule has 2 N–H and O–H groups in total. The van der Waals surface area contributed by atoms with E-state index in [1.807, 2.05) is 30.7 Å². The molecule has 124 valence electrons. The predicted molar refractivity (Wildman–Crippen MR) is 85.0 cm³/mol. The van der Waals surface area contributed by atoms with Crippen molar-refractivity contribution in [1.29, 1.82) is 0 Å². The lowest BCUT2D eigenvalue weighted by Gasteiger charge is -2.32. The van der Waals surface area contributed by atoms with E-state index in [1.165, 1.54) is 0 Å². The average molecular weight is 328 g/mol. The van der Waals surface area contributed by atoms with Crippen LogP contribution in [0.1, 0.15) is 24.2 Å². The Bertz CT molecular complexity index is 639. The molecule has 0 aliphatic carbocycles. The smallest absolute Gasteiger partial charge is 0.317 e. The Morgan fingerprint density at radius 3 is 2.73 bits per heavy atom. The SMILES string of the molecule is Cc1ccc(CNC(=O)N2CCC[C@@H](NS(C)(=O)=O)C2)n1C. The summed E-state index contributed by atoms with van der Waals surface area (Å²) < 4.78 is 27.2. The molecule has 0 saturated carbocycles. The maximum Gasteiger partial charge on any atom is 0.317 e. The van der Waals surface area contributed by atoms with Gasteiger partial charge >= 0.3 is 6.03 Å². The molecule has 1 aliphatic rings. The second kappa shape index (κ2) is 6.70. The monoisotopic (exact) mass is 328 g/mol. The summed E-state index contributed by atoms with van der Waals surface area (Å²) in [7, 11) is -1.28. The van der Waals surface area contributed by atoms with Gasteiger partial charge in [-0.05, 0) is 31.9 Å². The van der Waals surface area contributed by atoms with E-state index in [9.17, 15) is 13.2 Å². The lowest BCUT2D eigenvalue weighted by molar-refractivity contribution is 0.177. The minimum absolute atomic E-state index is 0.154. The van der Waals surface area contributed by atoms with Crippen LogP contribution in [0.25, 0.3) is 0 Å². The van der Waals surface area contributed by atoms with E-state index in [0.717, 1.165) is 30.5 Å². The molecular weight excluding hydrogens is 304 g/mol. The minimum Gasteiger partial charge on any atom is -0.350 e. The molecule has 2 heterocycles.